The summed E-state index contributed by atoms with van der Waals surface area (Å²) in [5.74, 6) is 0.145. The zero-order chi connectivity index (χ0) is 16.9. The number of aryl methyl sites for hydroxylation is 1. The van der Waals surface area contributed by atoms with E-state index in [0.29, 0.717) is 11.4 Å². The second-order valence-electron chi connectivity index (χ2n) is 5.30. The second kappa shape index (κ2) is 7.44. The summed E-state index contributed by atoms with van der Waals surface area (Å²) in [6.07, 6.45) is 1.00. The van der Waals surface area contributed by atoms with Crippen molar-refractivity contribution in [1.82, 2.24) is 4.98 Å². The lowest BCUT2D eigenvalue weighted by Crippen LogP contribution is -2.40. The molecule has 0 N–H and O–H groups in total. The molecule has 24 heavy (non-hydrogen) atoms. The van der Waals surface area contributed by atoms with Gasteiger partial charge in [-0.2, -0.15) is 0 Å². The molecule has 1 amide bonds. The van der Waals surface area contributed by atoms with E-state index in [1.165, 1.54) is 0 Å². The Kier molecular flexibility index (Phi) is 5.10. The quantitative estimate of drug-likeness (QED) is 0.752. The van der Waals surface area contributed by atoms with Gasteiger partial charge in [0.1, 0.15) is 12.4 Å². The number of hydrogen-bond acceptors (Lipinski definition) is 6. The standard InChI is InChI=1S/C17H18N2O4S/c1-2-15-18-12(11-24-15)9-23-17(21)7-8-19-13-5-3-4-6-14(13)22-10-16(19)20/h3-6,11H,2,7-10H2,1H3. The Bertz CT molecular complexity index is 744. The van der Waals surface area contributed by atoms with Gasteiger partial charge >= 0.3 is 5.97 Å². The van der Waals surface area contributed by atoms with Crippen molar-refractivity contribution in [2.24, 2.45) is 0 Å². The summed E-state index contributed by atoms with van der Waals surface area (Å²) < 4.78 is 10.6. The van der Waals surface area contributed by atoms with Crippen LogP contribution in [-0.2, 0) is 27.4 Å². The highest BCUT2D eigenvalue weighted by atomic mass is 32.1. The van der Waals surface area contributed by atoms with Gasteiger partial charge in [-0.25, -0.2) is 4.98 Å². The maximum atomic E-state index is 12.0. The minimum absolute atomic E-state index is 0.00925. The van der Waals surface area contributed by atoms with E-state index in [9.17, 15) is 9.59 Å². The van der Waals surface area contributed by atoms with Crippen molar-refractivity contribution < 1.29 is 19.1 Å². The molecule has 1 aromatic carbocycles. The monoisotopic (exact) mass is 346 g/mol. The van der Waals surface area contributed by atoms with E-state index in [0.717, 1.165) is 17.1 Å². The molecular formula is C17H18N2O4S. The Morgan fingerprint density at radius 2 is 2.25 bits per heavy atom. The summed E-state index contributed by atoms with van der Waals surface area (Å²) in [4.78, 5) is 29.9. The van der Waals surface area contributed by atoms with Gasteiger partial charge in [-0.15, -0.1) is 11.3 Å². The van der Waals surface area contributed by atoms with Gasteiger partial charge in [-0.3, -0.25) is 9.59 Å². The molecule has 0 radical (unpaired) electrons. The normalized spacial score (nSPS) is 13.4. The van der Waals surface area contributed by atoms with Crippen LogP contribution in [0.3, 0.4) is 0 Å². The molecule has 2 aromatic rings. The van der Waals surface area contributed by atoms with Crippen LogP contribution >= 0.6 is 11.3 Å². The number of rotatable bonds is 6. The molecule has 0 fully saturated rings. The number of carbonyl (C=O) groups excluding carboxylic acids is 2. The van der Waals surface area contributed by atoms with Crippen LogP contribution in [-0.4, -0.2) is 30.0 Å². The zero-order valence-corrected chi connectivity index (χ0v) is 14.2. The first-order chi connectivity index (χ1) is 11.7. The lowest BCUT2D eigenvalue weighted by Gasteiger charge is -2.28. The van der Waals surface area contributed by atoms with Crippen molar-refractivity contribution in [3.8, 4) is 5.75 Å². The van der Waals surface area contributed by atoms with Crippen molar-refractivity contribution in [2.75, 3.05) is 18.1 Å². The fourth-order valence-electron chi connectivity index (χ4n) is 2.41. The van der Waals surface area contributed by atoms with Gasteiger partial charge in [-0.1, -0.05) is 19.1 Å². The lowest BCUT2D eigenvalue weighted by atomic mass is 10.2. The Labute approximate surface area is 144 Å². The van der Waals surface area contributed by atoms with E-state index in [2.05, 4.69) is 4.98 Å². The predicted molar refractivity (Wildman–Crippen MR) is 90.2 cm³/mol. The average Bonchev–Trinajstić information content (AvgIpc) is 3.07. The van der Waals surface area contributed by atoms with Crippen molar-refractivity contribution in [2.45, 2.75) is 26.4 Å². The van der Waals surface area contributed by atoms with Crippen LogP contribution in [0.15, 0.2) is 29.6 Å². The van der Waals surface area contributed by atoms with E-state index < -0.39 is 0 Å². The van der Waals surface area contributed by atoms with Crippen LogP contribution < -0.4 is 9.64 Å². The lowest BCUT2D eigenvalue weighted by molar-refractivity contribution is -0.144. The third-order valence-corrected chi connectivity index (χ3v) is 4.67. The topological polar surface area (TPSA) is 68.7 Å². The van der Waals surface area contributed by atoms with Crippen LogP contribution in [0, 0.1) is 0 Å². The van der Waals surface area contributed by atoms with E-state index in [1.807, 2.05) is 24.4 Å². The minimum Gasteiger partial charge on any atom is -0.482 e. The van der Waals surface area contributed by atoms with Gasteiger partial charge in [0.2, 0.25) is 0 Å². The molecule has 0 aliphatic carbocycles. The maximum absolute atomic E-state index is 12.0. The predicted octanol–water partition coefficient (Wildman–Crippen LogP) is 2.56. The summed E-state index contributed by atoms with van der Waals surface area (Å²) in [5.41, 5.74) is 1.45. The highest BCUT2D eigenvalue weighted by Gasteiger charge is 2.25. The first-order valence-corrected chi connectivity index (χ1v) is 8.66. The first kappa shape index (κ1) is 16.4. The van der Waals surface area contributed by atoms with Gasteiger partial charge in [0, 0.05) is 11.9 Å². The summed E-state index contributed by atoms with van der Waals surface area (Å²) in [7, 11) is 0. The summed E-state index contributed by atoms with van der Waals surface area (Å²) >= 11 is 1.56. The number of esters is 1. The summed E-state index contributed by atoms with van der Waals surface area (Å²) in [5, 5.41) is 2.92. The first-order valence-electron chi connectivity index (χ1n) is 7.78. The molecule has 2 heterocycles. The van der Waals surface area contributed by atoms with Crippen LogP contribution in [0.1, 0.15) is 24.0 Å². The molecule has 0 bridgehead atoms. The highest BCUT2D eigenvalue weighted by molar-refractivity contribution is 7.09. The Morgan fingerprint density at radius 3 is 3.04 bits per heavy atom. The third-order valence-electron chi connectivity index (χ3n) is 3.63. The molecular weight excluding hydrogens is 328 g/mol. The molecule has 0 spiro atoms. The van der Waals surface area contributed by atoms with Gasteiger partial charge in [-0.05, 0) is 18.6 Å². The fourth-order valence-corrected chi connectivity index (χ4v) is 3.14. The third kappa shape index (κ3) is 3.73. The van der Waals surface area contributed by atoms with E-state index in [-0.39, 0.29) is 38.1 Å². The number of carbonyl (C=O) groups is 2. The van der Waals surface area contributed by atoms with Gasteiger partial charge in [0.25, 0.3) is 5.91 Å². The van der Waals surface area contributed by atoms with Gasteiger partial charge in [0.05, 0.1) is 22.8 Å². The minimum atomic E-state index is -0.349. The molecule has 1 aliphatic rings. The van der Waals surface area contributed by atoms with Gasteiger partial charge < -0.3 is 14.4 Å². The Hall–Kier alpha value is -2.41. The number of amides is 1. The zero-order valence-electron chi connectivity index (χ0n) is 13.4. The molecule has 1 aliphatic heterocycles. The Morgan fingerprint density at radius 1 is 1.42 bits per heavy atom. The van der Waals surface area contributed by atoms with Crippen molar-refractivity contribution in [3.05, 3.63) is 40.3 Å². The van der Waals surface area contributed by atoms with Crippen LogP contribution in [0.4, 0.5) is 5.69 Å². The number of benzene rings is 1. The highest BCUT2D eigenvalue weighted by Crippen LogP contribution is 2.31. The second-order valence-corrected chi connectivity index (χ2v) is 6.24. The van der Waals surface area contributed by atoms with E-state index in [1.54, 1.807) is 28.4 Å². The number of ether oxygens (including phenoxy) is 2. The molecule has 6 nitrogen and oxygen atoms in total. The van der Waals surface area contributed by atoms with Crippen LogP contribution in [0.2, 0.25) is 0 Å². The van der Waals surface area contributed by atoms with Crippen LogP contribution in [0.5, 0.6) is 5.75 Å². The SMILES string of the molecule is CCc1nc(COC(=O)CCN2C(=O)COc3ccccc32)cs1. The van der Waals surface area contributed by atoms with Gasteiger partial charge in [0.15, 0.2) is 6.61 Å². The number of fused-ring (bicyclic) bond motifs is 1. The van der Waals surface area contributed by atoms with E-state index >= 15 is 0 Å². The smallest absolute Gasteiger partial charge is 0.307 e. The molecule has 126 valence electrons. The number of para-hydroxylation sites is 2. The molecule has 0 unspecified atom stereocenters. The van der Waals surface area contributed by atoms with Crippen molar-refractivity contribution in [1.29, 1.82) is 0 Å². The summed E-state index contributed by atoms with van der Waals surface area (Å²) in [6.45, 7) is 2.47. The number of aromatic nitrogens is 1. The maximum Gasteiger partial charge on any atom is 0.307 e. The van der Waals surface area contributed by atoms with Crippen molar-refractivity contribution in [3.63, 3.8) is 0 Å². The number of anilines is 1. The van der Waals surface area contributed by atoms with E-state index in [4.69, 9.17) is 9.47 Å². The van der Waals surface area contributed by atoms with Crippen LogP contribution in [0.25, 0.3) is 0 Å². The molecule has 7 heteroatoms. The average molecular weight is 346 g/mol. The molecule has 3 rings (SSSR count). The number of nitrogens with zero attached hydrogens (tertiary/aromatic N) is 2. The van der Waals surface area contributed by atoms with Crippen molar-refractivity contribution >= 4 is 28.9 Å². The summed E-state index contributed by atoms with van der Waals surface area (Å²) in [6, 6.07) is 7.29. The number of hydrogen-bond donors (Lipinski definition) is 0. The molecule has 0 saturated carbocycles. The molecule has 1 aromatic heterocycles. The molecule has 0 atom stereocenters. The largest absolute Gasteiger partial charge is 0.482 e. The fraction of sp³-hybridized carbons (Fsp3) is 0.353. The number of thiazole rings is 1. The molecule has 0 saturated heterocycles. The Balaban J connectivity index is 1.53.